The van der Waals surface area contributed by atoms with Crippen LogP contribution in [0.4, 0.5) is 4.79 Å². The zero-order valence-corrected chi connectivity index (χ0v) is 19.5. The fourth-order valence-electron chi connectivity index (χ4n) is 4.74. The number of aromatic nitrogens is 3. The van der Waals surface area contributed by atoms with E-state index < -0.39 is 11.6 Å². The Morgan fingerprint density at radius 1 is 1.09 bits per heavy atom. The fraction of sp³-hybridized carbons (Fsp3) is 0.440. The van der Waals surface area contributed by atoms with E-state index in [0.717, 1.165) is 10.9 Å². The molecule has 0 N–H and O–H groups in total. The molecule has 0 saturated carbocycles. The molecule has 178 valence electrons. The number of hydrogen-bond acceptors (Lipinski definition) is 7. The fourth-order valence-corrected chi connectivity index (χ4v) is 4.74. The second kappa shape index (κ2) is 8.72. The van der Waals surface area contributed by atoms with Crippen molar-refractivity contribution in [1.82, 2.24) is 19.4 Å². The summed E-state index contributed by atoms with van der Waals surface area (Å²) in [6.07, 6.45) is 6.96. The number of esters is 1. The Kier molecular flexibility index (Phi) is 5.73. The predicted molar refractivity (Wildman–Crippen MR) is 124 cm³/mol. The number of piperidine rings is 1. The van der Waals surface area contributed by atoms with Crippen LogP contribution in [0, 0.1) is 0 Å². The molecule has 2 aliphatic heterocycles. The number of ether oxygens (including phenoxy) is 3. The first-order chi connectivity index (χ1) is 16.3. The minimum atomic E-state index is -0.576. The molecule has 3 aromatic rings. The third-order valence-electron chi connectivity index (χ3n) is 6.08. The maximum atomic E-state index is 13.3. The molecule has 2 fully saturated rings. The van der Waals surface area contributed by atoms with Crippen molar-refractivity contribution in [2.45, 2.75) is 57.4 Å². The van der Waals surface area contributed by atoms with Gasteiger partial charge in [-0.25, -0.2) is 14.6 Å². The summed E-state index contributed by atoms with van der Waals surface area (Å²) in [6, 6.07) is 7.25. The normalized spacial score (nSPS) is 22.4. The highest BCUT2D eigenvalue weighted by Crippen LogP contribution is 2.32. The molecule has 2 aliphatic rings. The van der Waals surface area contributed by atoms with Gasteiger partial charge in [0, 0.05) is 36.8 Å². The second-order valence-electron chi connectivity index (χ2n) is 9.72. The summed E-state index contributed by atoms with van der Waals surface area (Å²) in [5.41, 5.74) is 0.740. The summed E-state index contributed by atoms with van der Waals surface area (Å²) in [5.74, 6) is 0.226. The number of amides is 1. The monoisotopic (exact) mass is 464 g/mol. The van der Waals surface area contributed by atoms with Crippen LogP contribution in [0.5, 0.6) is 0 Å². The van der Waals surface area contributed by atoms with E-state index in [-0.39, 0.29) is 24.3 Å². The molecule has 9 heteroatoms. The molecule has 5 rings (SSSR count). The van der Waals surface area contributed by atoms with E-state index in [9.17, 15) is 9.59 Å². The number of para-hydroxylation sites is 1. The predicted octanol–water partition coefficient (Wildman–Crippen LogP) is 3.74. The molecule has 2 atom stereocenters. The first-order valence-electron chi connectivity index (χ1n) is 11.5. The molecule has 1 amide bonds. The average molecular weight is 465 g/mol. The van der Waals surface area contributed by atoms with Gasteiger partial charge in [-0.2, -0.15) is 0 Å². The van der Waals surface area contributed by atoms with Crippen LogP contribution in [0.1, 0.15) is 44.0 Å². The summed E-state index contributed by atoms with van der Waals surface area (Å²) >= 11 is 0. The number of fused-ring (bicyclic) bond motifs is 3. The van der Waals surface area contributed by atoms with Gasteiger partial charge in [0.15, 0.2) is 5.82 Å². The molecule has 2 bridgehead atoms. The lowest BCUT2D eigenvalue weighted by atomic mass is 9.92. The Labute approximate surface area is 197 Å². The molecule has 2 aromatic heterocycles. The Bertz CT molecular complexity index is 1190. The summed E-state index contributed by atoms with van der Waals surface area (Å²) < 4.78 is 19.1. The Hall–Kier alpha value is -3.46. The standard InChI is InChI=1S/C25H28N4O5/c1-25(2,3)34-24(31)29-16-10-18(11-17(29)15-32-14-16)33-23(30)20-13-28(22-12-26-8-9-27-22)21-7-5-4-6-19(20)21/h4-9,12-13,16-18H,10-11,14-15H2,1-3H3/t16-,17-/m0/s1. The smallest absolute Gasteiger partial charge is 0.410 e. The number of morpholine rings is 1. The van der Waals surface area contributed by atoms with Gasteiger partial charge >= 0.3 is 12.1 Å². The van der Waals surface area contributed by atoms with Gasteiger partial charge in [0.1, 0.15) is 11.7 Å². The van der Waals surface area contributed by atoms with Crippen molar-refractivity contribution in [3.8, 4) is 5.82 Å². The lowest BCUT2D eigenvalue weighted by Gasteiger charge is -2.47. The van der Waals surface area contributed by atoms with E-state index in [1.165, 1.54) is 0 Å². The molecule has 34 heavy (non-hydrogen) atoms. The lowest BCUT2D eigenvalue weighted by molar-refractivity contribution is -0.106. The van der Waals surface area contributed by atoms with Crippen molar-refractivity contribution in [1.29, 1.82) is 0 Å². The van der Waals surface area contributed by atoms with Crippen LogP contribution in [0.15, 0.2) is 49.1 Å². The number of nitrogens with zero attached hydrogens (tertiary/aromatic N) is 4. The summed E-state index contributed by atoms with van der Waals surface area (Å²) in [6.45, 7) is 6.35. The highest BCUT2D eigenvalue weighted by Gasteiger charge is 2.44. The van der Waals surface area contributed by atoms with Crippen molar-refractivity contribution in [2.24, 2.45) is 0 Å². The molecular formula is C25H28N4O5. The molecule has 9 nitrogen and oxygen atoms in total. The average Bonchev–Trinajstić information content (AvgIpc) is 3.18. The van der Waals surface area contributed by atoms with Crippen molar-refractivity contribution >= 4 is 23.0 Å². The topological polar surface area (TPSA) is 95.8 Å². The quantitative estimate of drug-likeness (QED) is 0.545. The van der Waals surface area contributed by atoms with Crippen molar-refractivity contribution in [3.63, 3.8) is 0 Å². The van der Waals surface area contributed by atoms with Crippen molar-refractivity contribution < 1.29 is 23.8 Å². The number of carbonyl (C=O) groups is 2. The molecule has 4 heterocycles. The Morgan fingerprint density at radius 2 is 1.82 bits per heavy atom. The van der Waals surface area contributed by atoms with Crippen LogP contribution in [0.2, 0.25) is 0 Å². The number of benzene rings is 1. The van der Waals surface area contributed by atoms with Crippen LogP contribution in [-0.2, 0) is 14.2 Å². The zero-order valence-electron chi connectivity index (χ0n) is 19.5. The summed E-state index contributed by atoms with van der Waals surface area (Å²) in [7, 11) is 0. The van der Waals surface area contributed by atoms with E-state index in [2.05, 4.69) is 9.97 Å². The van der Waals surface area contributed by atoms with E-state index in [4.69, 9.17) is 14.2 Å². The van der Waals surface area contributed by atoms with Crippen LogP contribution < -0.4 is 0 Å². The van der Waals surface area contributed by atoms with Gasteiger partial charge in [0.05, 0.1) is 42.6 Å². The van der Waals surface area contributed by atoms with Crippen LogP contribution in [0.3, 0.4) is 0 Å². The minimum absolute atomic E-state index is 0.193. The van der Waals surface area contributed by atoms with Gasteiger partial charge in [0.2, 0.25) is 0 Å². The lowest BCUT2D eigenvalue weighted by Crippen LogP contribution is -2.61. The largest absolute Gasteiger partial charge is 0.459 e. The molecule has 0 spiro atoms. The van der Waals surface area contributed by atoms with Crippen molar-refractivity contribution in [3.05, 3.63) is 54.6 Å². The molecule has 0 radical (unpaired) electrons. The van der Waals surface area contributed by atoms with E-state index in [1.807, 2.05) is 49.6 Å². The number of hydrogen-bond donors (Lipinski definition) is 0. The molecule has 0 unspecified atom stereocenters. The minimum Gasteiger partial charge on any atom is -0.459 e. The number of carbonyl (C=O) groups excluding carboxylic acids is 2. The van der Waals surface area contributed by atoms with E-state index in [1.54, 1.807) is 29.7 Å². The SMILES string of the molecule is CC(C)(C)OC(=O)N1[C@@H]2COC[C@@H]1CC(OC(=O)c1cn(-c3cnccn3)c3ccccc13)C2. The van der Waals surface area contributed by atoms with Gasteiger partial charge in [-0.15, -0.1) is 0 Å². The zero-order chi connectivity index (χ0) is 23.9. The number of rotatable bonds is 3. The van der Waals surface area contributed by atoms with Gasteiger partial charge in [-0.1, -0.05) is 18.2 Å². The first kappa shape index (κ1) is 22.3. The maximum Gasteiger partial charge on any atom is 0.410 e. The van der Waals surface area contributed by atoms with E-state index >= 15 is 0 Å². The van der Waals surface area contributed by atoms with Gasteiger partial charge in [-0.3, -0.25) is 14.5 Å². The van der Waals surface area contributed by atoms with Crippen LogP contribution >= 0.6 is 0 Å². The van der Waals surface area contributed by atoms with Crippen molar-refractivity contribution in [2.75, 3.05) is 13.2 Å². The molecule has 2 saturated heterocycles. The molecule has 1 aromatic carbocycles. The van der Waals surface area contributed by atoms with Gasteiger partial charge in [0.25, 0.3) is 0 Å². The van der Waals surface area contributed by atoms with Gasteiger partial charge < -0.3 is 14.2 Å². The summed E-state index contributed by atoms with van der Waals surface area (Å²) in [5, 5.41) is 0.785. The highest BCUT2D eigenvalue weighted by molar-refractivity contribution is 6.04. The maximum absolute atomic E-state index is 13.3. The van der Waals surface area contributed by atoms with Gasteiger partial charge in [-0.05, 0) is 26.8 Å². The summed E-state index contributed by atoms with van der Waals surface area (Å²) in [4.78, 5) is 36.3. The third kappa shape index (κ3) is 4.35. The van der Waals surface area contributed by atoms with Crippen LogP contribution in [0.25, 0.3) is 16.7 Å². The highest BCUT2D eigenvalue weighted by atomic mass is 16.6. The van der Waals surface area contributed by atoms with E-state index in [0.29, 0.717) is 37.4 Å². The Balaban J connectivity index is 1.36. The Morgan fingerprint density at radius 3 is 2.50 bits per heavy atom. The van der Waals surface area contributed by atoms with Crippen LogP contribution in [-0.4, -0.2) is 68.5 Å². The third-order valence-corrected chi connectivity index (χ3v) is 6.08. The molecule has 0 aliphatic carbocycles. The molecular weight excluding hydrogens is 436 g/mol. The first-order valence-corrected chi connectivity index (χ1v) is 11.5. The second-order valence-corrected chi connectivity index (χ2v) is 9.72.